The van der Waals surface area contributed by atoms with E-state index in [1.54, 1.807) is 6.92 Å². The van der Waals surface area contributed by atoms with E-state index in [-0.39, 0.29) is 0 Å². The van der Waals surface area contributed by atoms with Gasteiger partial charge in [-0.05, 0) is 26.8 Å². The first-order chi connectivity index (χ1) is 8.97. The number of thioether (sulfide) groups is 1. The van der Waals surface area contributed by atoms with Crippen molar-refractivity contribution in [1.82, 2.24) is 14.8 Å². The Kier molecular flexibility index (Phi) is 4.26. The number of carboxylic acids is 1. The predicted molar refractivity (Wildman–Crippen MR) is 76.0 cm³/mol. The molecule has 0 saturated carbocycles. The molecule has 0 spiro atoms. The van der Waals surface area contributed by atoms with E-state index in [9.17, 15) is 4.79 Å². The van der Waals surface area contributed by atoms with E-state index >= 15 is 0 Å². The summed E-state index contributed by atoms with van der Waals surface area (Å²) in [4.78, 5) is 15.5. The third kappa shape index (κ3) is 3.36. The molecule has 2 aromatic rings. The molecule has 0 unspecified atom stereocenters. The van der Waals surface area contributed by atoms with Crippen molar-refractivity contribution in [3.8, 4) is 0 Å². The summed E-state index contributed by atoms with van der Waals surface area (Å²) in [5.74, 6) is -0.211. The summed E-state index contributed by atoms with van der Waals surface area (Å²) in [6, 6.07) is 2.32. The first-order valence-corrected chi connectivity index (χ1v) is 7.65. The maximum atomic E-state index is 10.9. The van der Waals surface area contributed by atoms with E-state index < -0.39 is 5.97 Å². The smallest absolute Gasteiger partial charge is 0.347 e. The minimum Gasteiger partial charge on any atom is -0.477 e. The SMILES string of the molecule is Cc1nc(SCc2ccn(C(C)C)n2)sc1C(=O)O. The fourth-order valence-electron chi connectivity index (χ4n) is 1.51. The van der Waals surface area contributed by atoms with Crippen LogP contribution >= 0.6 is 23.1 Å². The van der Waals surface area contributed by atoms with Crippen LogP contribution in [-0.4, -0.2) is 25.8 Å². The molecule has 0 fully saturated rings. The number of aryl methyl sites for hydroxylation is 1. The highest BCUT2D eigenvalue weighted by Crippen LogP contribution is 2.29. The lowest BCUT2D eigenvalue weighted by Gasteiger charge is -2.03. The van der Waals surface area contributed by atoms with E-state index in [1.165, 1.54) is 23.1 Å². The Hall–Kier alpha value is -1.34. The molecule has 0 atom stereocenters. The molecule has 2 rings (SSSR count). The molecule has 2 aromatic heterocycles. The Bertz CT molecular complexity index is 590. The van der Waals surface area contributed by atoms with Crippen molar-refractivity contribution >= 4 is 29.1 Å². The minimum absolute atomic E-state index is 0.315. The molecule has 102 valence electrons. The summed E-state index contributed by atoms with van der Waals surface area (Å²) in [6.07, 6.45) is 1.95. The highest BCUT2D eigenvalue weighted by molar-refractivity contribution is 8.00. The van der Waals surface area contributed by atoms with Gasteiger partial charge in [0.25, 0.3) is 0 Å². The number of thiazole rings is 1. The first kappa shape index (κ1) is 14.1. The zero-order valence-electron chi connectivity index (χ0n) is 11.0. The number of nitrogens with zero attached hydrogens (tertiary/aromatic N) is 3. The topological polar surface area (TPSA) is 68.0 Å². The third-order valence-corrected chi connectivity index (χ3v) is 4.83. The highest BCUT2D eigenvalue weighted by atomic mass is 32.2. The van der Waals surface area contributed by atoms with Gasteiger partial charge < -0.3 is 5.11 Å². The molecular weight excluding hydrogens is 282 g/mol. The van der Waals surface area contributed by atoms with Gasteiger partial charge in [0.1, 0.15) is 4.88 Å². The molecule has 0 bridgehead atoms. The average Bonchev–Trinajstić information content (AvgIpc) is 2.92. The van der Waals surface area contributed by atoms with Gasteiger partial charge in [-0.25, -0.2) is 9.78 Å². The summed E-state index contributed by atoms with van der Waals surface area (Å²) in [7, 11) is 0. The summed E-state index contributed by atoms with van der Waals surface area (Å²) in [6.45, 7) is 5.87. The van der Waals surface area contributed by atoms with E-state index in [1.807, 2.05) is 16.9 Å². The van der Waals surface area contributed by atoms with Crippen LogP contribution in [0.2, 0.25) is 0 Å². The second kappa shape index (κ2) is 5.75. The number of aromatic carboxylic acids is 1. The van der Waals surface area contributed by atoms with Crippen LogP contribution in [0.15, 0.2) is 16.6 Å². The van der Waals surface area contributed by atoms with Crippen LogP contribution in [-0.2, 0) is 5.75 Å². The molecule has 0 radical (unpaired) electrons. The normalized spacial score (nSPS) is 11.2. The van der Waals surface area contributed by atoms with Crippen molar-refractivity contribution in [2.24, 2.45) is 0 Å². The van der Waals surface area contributed by atoms with Crippen LogP contribution < -0.4 is 0 Å². The third-order valence-electron chi connectivity index (χ3n) is 2.51. The molecule has 0 aliphatic rings. The van der Waals surface area contributed by atoms with Crippen LogP contribution in [0.5, 0.6) is 0 Å². The fourth-order valence-corrected chi connectivity index (χ4v) is 3.44. The van der Waals surface area contributed by atoms with Gasteiger partial charge in [-0.1, -0.05) is 11.8 Å². The Balaban J connectivity index is 2.02. The quantitative estimate of drug-likeness (QED) is 0.858. The summed E-state index contributed by atoms with van der Waals surface area (Å²) >= 11 is 2.74. The van der Waals surface area contributed by atoms with Crippen molar-refractivity contribution in [3.05, 3.63) is 28.5 Å². The molecule has 0 aliphatic heterocycles. The van der Waals surface area contributed by atoms with Gasteiger partial charge in [0, 0.05) is 18.0 Å². The van der Waals surface area contributed by atoms with Gasteiger partial charge in [-0.15, -0.1) is 11.3 Å². The second-order valence-electron chi connectivity index (χ2n) is 4.37. The van der Waals surface area contributed by atoms with E-state index in [2.05, 4.69) is 23.9 Å². The van der Waals surface area contributed by atoms with Gasteiger partial charge in [0.05, 0.1) is 11.4 Å². The molecule has 0 saturated heterocycles. The number of carboxylic acid groups (broad SMARTS) is 1. The van der Waals surface area contributed by atoms with Crippen LogP contribution in [0, 0.1) is 6.92 Å². The molecule has 0 aromatic carbocycles. The van der Waals surface area contributed by atoms with E-state index in [0.717, 1.165) is 10.0 Å². The summed E-state index contributed by atoms with van der Waals surface area (Å²) < 4.78 is 2.68. The van der Waals surface area contributed by atoms with Gasteiger partial charge in [0.2, 0.25) is 0 Å². The zero-order chi connectivity index (χ0) is 14.0. The molecule has 1 N–H and O–H groups in total. The van der Waals surface area contributed by atoms with Crippen LogP contribution in [0.3, 0.4) is 0 Å². The molecule has 0 amide bonds. The maximum absolute atomic E-state index is 10.9. The number of carbonyl (C=O) groups is 1. The number of hydrogen-bond acceptors (Lipinski definition) is 5. The molecule has 2 heterocycles. The Labute approximate surface area is 119 Å². The largest absolute Gasteiger partial charge is 0.477 e. The molecule has 19 heavy (non-hydrogen) atoms. The molecule has 7 heteroatoms. The standard InChI is InChI=1S/C12H15N3O2S2/c1-7(2)15-5-4-9(14-15)6-18-12-13-8(3)10(19-12)11(16)17/h4-5,7H,6H2,1-3H3,(H,16,17). The Morgan fingerprint density at radius 1 is 1.58 bits per heavy atom. The van der Waals surface area contributed by atoms with Gasteiger partial charge >= 0.3 is 5.97 Å². The first-order valence-electron chi connectivity index (χ1n) is 5.85. The monoisotopic (exact) mass is 297 g/mol. The Morgan fingerprint density at radius 2 is 2.32 bits per heavy atom. The van der Waals surface area contributed by atoms with Crippen molar-refractivity contribution in [1.29, 1.82) is 0 Å². The van der Waals surface area contributed by atoms with Crippen LogP contribution in [0.4, 0.5) is 0 Å². The summed E-state index contributed by atoms with van der Waals surface area (Å²) in [5.41, 5.74) is 1.55. The van der Waals surface area contributed by atoms with Gasteiger partial charge in [0.15, 0.2) is 4.34 Å². The lowest BCUT2D eigenvalue weighted by atomic mass is 10.4. The zero-order valence-corrected chi connectivity index (χ0v) is 12.6. The molecule has 0 aliphatic carbocycles. The molecule has 5 nitrogen and oxygen atoms in total. The molecular formula is C12H15N3O2S2. The highest BCUT2D eigenvalue weighted by Gasteiger charge is 2.14. The Morgan fingerprint density at radius 3 is 2.84 bits per heavy atom. The number of hydrogen-bond donors (Lipinski definition) is 1. The van der Waals surface area contributed by atoms with Crippen molar-refractivity contribution in [3.63, 3.8) is 0 Å². The number of rotatable bonds is 5. The lowest BCUT2D eigenvalue weighted by molar-refractivity contribution is 0.0701. The summed E-state index contributed by atoms with van der Waals surface area (Å²) in [5, 5.41) is 13.4. The van der Waals surface area contributed by atoms with Gasteiger partial charge in [-0.2, -0.15) is 5.10 Å². The lowest BCUT2D eigenvalue weighted by Crippen LogP contribution is -2.01. The van der Waals surface area contributed by atoms with E-state index in [4.69, 9.17) is 5.11 Å². The fraction of sp³-hybridized carbons (Fsp3) is 0.417. The van der Waals surface area contributed by atoms with Gasteiger partial charge in [-0.3, -0.25) is 4.68 Å². The van der Waals surface area contributed by atoms with Crippen LogP contribution in [0.1, 0.15) is 40.9 Å². The number of aromatic nitrogens is 3. The van der Waals surface area contributed by atoms with Crippen molar-refractivity contribution in [2.45, 2.75) is 36.9 Å². The average molecular weight is 297 g/mol. The van der Waals surface area contributed by atoms with Crippen molar-refractivity contribution in [2.75, 3.05) is 0 Å². The van der Waals surface area contributed by atoms with Crippen LogP contribution in [0.25, 0.3) is 0 Å². The predicted octanol–water partition coefficient (Wildman–Crippen LogP) is 3.22. The minimum atomic E-state index is -0.911. The maximum Gasteiger partial charge on any atom is 0.347 e. The van der Waals surface area contributed by atoms with E-state index in [0.29, 0.717) is 22.4 Å². The second-order valence-corrected chi connectivity index (χ2v) is 6.59. The van der Waals surface area contributed by atoms with Crippen molar-refractivity contribution < 1.29 is 9.90 Å².